The van der Waals surface area contributed by atoms with Gasteiger partial charge in [-0.2, -0.15) is 0 Å². The lowest BCUT2D eigenvalue weighted by Crippen LogP contribution is -2.41. The van der Waals surface area contributed by atoms with E-state index in [-0.39, 0.29) is 11.4 Å². The van der Waals surface area contributed by atoms with Crippen molar-refractivity contribution in [2.45, 2.75) is 63.8 Å². The SMILES string of the molecule is CC(C)OC(=O)[C@H](C)N[PH](=O)OC[C@@H](O[C@H](CBr)n1ccc(=O)[nH]c1=O)[C@H](Cl)OC(=O)[C@H](C)N. The second-order valence-corrected chi connectivity index (χ2v) is 9.56. The number of H-pyrrole nitrogens is 1. The summed E-state index contributed by atoms with van der Waals surface area (Å²) in [7, 11) is -2.99. The summed E-state index contributed by atoms with van der Waals surface area (Å²) < 4.78 is 34.5. The fourth-order valence-corrected chi connectivity index (χ4v) is 3.83. The summed E-state index contributed by atoms with van der Waals surface area (Å²) in [6.07, 6.45) is -1.41. The molecule has 1 rings (SSSR count). The number of hydrogen-bond acceptors (Lipinski definition) is 10. The molecule has 1 aromatic rings. The van der Waals surface area contributed by atoms with Crippen molar-refractivity contribution in [3.8, 4) is 0 Å². The molecule has 1 heterocycles. The number of ether oxygens (including phenoxy) is 3. The van der Waals surface area contributed by atoms with E-state index < -0.39 is 68.0 Å². The van der Waals surface area contributed by atoms with Crippen LogP contribution in [0.15, 0.2) is 21.9 Å². The van der Waals surface area contributed by atoms with E-state index in [0.717, 1.165) is 10.6 Å². The normalized spacial score (nSPS) is 16.8. The number of aromatic nitrogens is 2. The molecule has 0 radical (unpaired) electrons. The van der Waals surface area contributed by atoms with Gasteiger partial charge in [-0.1, -0.05) is 27.5 Å². The molecule has 0 aliphatic heterocycles. The Morgan fingerprint density at radius 3 is 2.41 bits per heavy atom. The molecule has 16 heteroatoms. The van der Waals surface area contributed by atoms with Crippen LogP contribution in [0.3, 0.4) is 0 Å². The molecular weight excluding hydrogens is 563 g/mol. The van der Waals surface area contributed by atoms with Gasteiger partial charge in [-0.3, -0.25) is 28.5 Å². The first kappa shape index (κ1) is 30.5. The summed E-state index contributed by atoms with van der Waals surface area (Å²) in [5, 5.41) is 2.53. The molecule has 1 aromatic heterocycles. The Labute approximate surface area is 209 Å². The number of nitrogens with zero attached hydrogens (tertiary/aromatic N) is 1. The van der Waals surface area contributed by atoms with Crippen LogP contribution >= 0.6 is 35.7 Å². The molecular formula is C18H29BrClN4O9P. The van der Waals surface area contributed by atoms with E-state index in [1.807, 2.05) is 0 Å². The summed E-state index contributed by atoms with van der Waals surface area (Å²) in [4.78, 5) is 49.3. The van der Waals surface area contributed by atoms with Crippen LogP contribution in [0.1, 0.15) is 33.9 Å². The maximum absolute atomic E-state index is 12.3. The summed E-state index contributed by atoms with van der Waals surface area (Å²) in [5.74, 6) is -1.45. The zero-order chi connectivity index (χ0) is 26.0. The average Bonchev–Trinajstić information content (AvgIpc) is 2.73. The van der Waals surface area contributed by atoms with Gasteiger partial charge in [0.05, 0.1) is 12.7 Å². The maximum Gasteiger partial charge on any atom is 0.330 e. The Morgan fingerprint density at radius 2 is 1.88 bits per heavy atom. The van der Waals surface area contributed by atoms with Crippen molar-refractivity contribution in [1.82, 2.24) is 14.6 Å². The van der Waals surface area contributed by atoms with Crippen LogP contribution in [0, 0.1) is 0 Å². The molecule has 0 aliphatic rings. The van der Waals surface area contributed by atoms with Gasteiger partial charge in [-0.05, 0) is 27.7 Å². The van der Waals surface area contributed by atoms with Gasteiger partial charge in [0.15, 0.2) is 0 Å². The van der Waals surface area contributed by atoms with E-state index in [4.69, 9.17) is 36.1 Å². The van der Waals surface area contributed by atoms with Gasteiger partial charge in [0.1, 0.15) is 24.4 Å². The quantitative estimate of drug-likeness (QED) is 0.157. The Bertz CT molecular complexity index is 958. The average molecular weight is 592 g/mol. The zero-order valence-electron chi connectivity index (χ0n) is 19.0. The fourth-order valence-electron chi connectivity index (χ4n) is 2.27. The summed E-state index contributed by atoms with van der Waals surface area (Å²) in [5.41, 5.74) is 2.67. The number of hydrogen-bond donors (Lipinski definition) is 3. The molecule has 0 saturated carbocycles. The van der Waals surface area contributed by atoms with Crippen LogP contribution in [-0.4, -0.2) is 63.3 Å². The lowest BCUT2D eigenvalue weighted by atomic mass is 10.3. The molecule has 1 unspecified atom stereocenters. The number of esters is 2. The van der Waals surface area contributed by atoms with Gasteiger partial charge in [-0.25, -0.2) is 9.88 Å². The van der Waals surface area contributed by atoms with Crippen LogP contribution in [0.4, 0.5) is 0 Å². The largest absolute Gasteiger partial charge is 0.462 e. The van der Waals surface area contributed by atoms with Crippen LogP contribution in [0.2, 0.25) is 0 Å². The molecule has 0 aromatic carbocycles. The highest BCUT2D eigenvalue weighted by atomic mass is 79.9. The zero-order valence-corrected chi connectivity index (χ0v) is 22.3. The van der Waals surface area contributed by atoms with E-state index in [1.165, 1.54) is 20.0 Å². The Morgan fingerprint density at radius 1 is 1.24 bits per heavy atom. The van der Waals surface area contributed by atoms with Crippen molar-refractivity contribution >= 4 is 47.6 Å². The lowest BCUT2D eigenvalue weighted by molar-refractivity contribution is -0.158. The molecule has 194 valence electrons. The number of aromatic amines is 1. The first-order valence-electron chi connectivity index (χ1n) is 10.1. The molecule has 34 heavy (non-hydrogen) atoms. The van der Waals surface area contributed by atoms with Gasteiger partial charge in [0.25, 0.3) is 13.7 Å². The highest BCUT2D eigenvalue weighted by Gasteiger charge is 2.30. The van der Waals surface area contributed by atoms with Crippen LogP contribution in [0.5, 0.6) is 0 Å². The monoisotopic (exact) mass is 590 g/mol. The van der Waals surface area contributed by atoms with Crippen molar-refractivity contribution in [2.24, 2.45) is 5.73 Å². The number of alkyl halides is 2. The number of halogens is 2. The molecule has 13 nitrogen and oxygen atoms in total. The van der Waals surface area contributed by atoms with Crippen molar-refractivity contribution in [3.63, 3.8) is 0 Å². The summed E-state index contributed by atoms with van der Waals surface area (Å²) in [6, 6.07) is -0.795. The number of nitrogens with two attached hydrogens (primary N) is 1. The second kappa shape index (κ2) is 14.8. The smallest absolute Gasteiger partial charge is 0.330 e. The molecule has 4 N–H and O–H groups in total. The van der Waals surface area contributed by atoms with Gasteiger partial charge in [-0.15, -0.1) is 0 Å². The molecule has 0 aliphatic carbocycles. The number of carbonyl (C=O) groups excluding carboxylic acids is 2. The topological polar surface area (TPSA) is 181 Å². The minimum absolute atomic E-state index is 0.0613. The van der Waals surface area contributed by atoms with E-state index in [1.54, 1.807) is 13.8 Å². The minimum atomic E-state index is -2.99. The van der Waals surface area contributed by atoms with Crippen molar-refractivity contribution in [3.05, 3.63) is 33.1 Å². The van der Waals surface area contributed by atoms with Crippen LogP contribution in [0.25, 0.3) is 0 Å². The van der Waals surface area contributed by atoms with Crippen molar-refractivity contribution in [2.75, 3.05) is 11.9 Å². The predicted octanol–water partition coefficient (Wildman–Crippen LogP) is 0.607. The Hall–Kier alpha value is -1.54. The van der Waals surface area contributed by atoms with E-state index in [0.29, 0.717) is 0 Å². The third kappa shape index (κ3) is 10.4. The standard InChI is InChI=1S/C18H29BrClN4O9P/c1-9(2)31-17(27)11(4)23-34(29)30-8-12(15(20)33-16(26)10(3)21)32-14(7-19)24-6-5-13(25)22-18(24)28/h5-6,9-12,14-15,34H,7-8,21H2,1-4H3,(H,23,29)(H,22,25,28)/t10-,11-,12+,14+,15+/m0/s1. The maximum atomic E-state index is 12.3. The third-order valence-electron chi connectivity index (χ3n) is 3.94. The Kier molecular flexibility index (Phi) is 13.2. The van der Waals surface area contributed by atoms with E-state index >= 15 is 0 Å². The summed E-state index contributed by atoms with van der Waals surface area (Å²) >= 11 is 9.38. The predicted molar refractivity (Wildman–Crippen MR) is 127 cm³/mol. The first-order chi connectivity index (χ1) is 15.8. The highest BCUT2D eigenvalue weighted by molar-refractivity contribution is 9.09. The highest BCUT2D eigenvalue weighted by Crippen LogP contribution is 2.24. The van der Waals surface area contributed by atoms with Gasteiger partial charge in [0, 0.05) is 17.6 Å². The van der Waals surface area contributed by atoms with Gasteiger partial charge in [0.2, 0.25) is 5.56 Å². The van der Waals surface area contributed by atoms with Crippen LogP contribution < -0.4 is 22.1 Å². The van der Waals surface area contributed by atoms with E-state index in [2.05, 4.69) is 26.0 Å². The molecule has 0 fully saturated rings. The van der Waals surface area contributed by atoms with Gasteiger partial charge < -0.3 is 24.5 Å². The molecule has 0 amide bonds. The number of rotatable bonds is 14. The minimum Gasteiger partial charge on any atom is -0.462 e. The summed E-state index contributed by atoms with van der Waals surface area (Å²) in [6.45, 7) is 5.72. The third-order valence-corrected chi connectivity index (χ3v) is 5.96. The molecule has 6 atom stereocenters. The molecule has 0 bridgehead atoms. The van der Waals surface area contributed by atoms with Crippen molar-refractivity contribution < 1.29 is 32.9 Å². The lowest BCUT2D eigenvalue weighted by Gasteiger charge is -2.28. The van der Waals surface area contributed by atoms with Gasteiger partial charge >= 0.3 is 17.6 Å². The van der Waals surface area contributed by atoms with Crippen molar-refractivity contribution in [1.29, 1.82) is 0 Å². The number of carbonyl (C=O) groups is 2. The molecule has 0 spiro atoms. The van der Waals surface area contributed by atoms with E-state index in [9.17, 15) is 23.7 Å². The second-order valence-electron chi connectivity index (χ2n) is 7.33. The first-order valence-corrected chi connectivity index (χ1v) is 13.0. The number of nitrogens with one attached hydrogen (secondary N) is 2. The fraction of sp³-hybridized carbons (Fsp3) is 0.667. The van der Waals surface area contributed by atoms with Crippen LogP contribution in [-0.2, 0) is 32.9 Å². The molecule has 0 saturated heterocycles. The Balaban J connectivity index is 2.96.